The molecule has 4 nitrogen and oxygen atoms in total. The molecule has 0 aromatic heterocycles. The molecule has 0 bridgehead atoms. The van der Waals surface area contributed by atoms with Crippen LogP contribution in [0.5, 0.6) is 0 Å². The number of nitrogens with one attached hydrogen (secondary N) is 1. The van der Waals surface area contributed by atoms with E-state index in [0.717, 1.165) is 5.56 Å². The maximum atomic E-state index is 12.5. The maximum absolute atomic E-state index is 12.5. The number of hydrogen-bond donors (Lipinski definition) is 1. The lowest BCUT2D eigenvalue weighted by Gasteiger charge is -2.25. The minimum absolute atomic E-state index is 0.122. The van der Waals surface area contributed by atoms with Crippen molar-refractivity contribution in [1.82, 2.24) is 4.72 Å². The molecule has 0 spiro atoms. The van der Waals surface area contributed by atoms with Crippen molar-refractivity contribution in [1.29, 1.82) is 5.26 Å². The van der Waals surface area contributed by atoms with E-state index in [4.69, 9.17) is 0 Å². The molecule has 1 rings (SSSR count). The fourth-order valence-electron chi connectivity index (χ4n) is 1.72. The van der Waals surface area contributed by atoms with Gasteiger partial charge in [0.2, 0.25) is 10.0 Å². The molecule has 0 aliphatic rings. The number of nitrogens with zero attached hydrogens (tertiary/aromatic N) is 1. The van der Waals surface area contributed by atoms with Gasteiger partial charge in [0.25, 0.3) is 0 Å². The van der Waals surface area contributed by atoms with Crippen LogP contribution in [0.15, 0.2) is 26.0 Å². The molecule has 0 aliphatic heterocycles. The van der Waals surface area contributed by atoms with Crippen molar-refractivity contribution in [2.45, 2.75) is 44.0 Å². The topological polar surface area (TPSA) is 70.0 Å². The van der Waals surface area contributed by atoms with Crippen molar-refractivity contribution >= 4 is 41.9 Å². The van der Waals surface area contributed by atoms with E-state index >= 15 is 0 Å². The highest BCUT2D eigenvalue weighted by atomic mass is 79.9. The molecular formula is C13H16Br2N2O2S. The van der Waals surface area contributed by atoms with Crippen LogP contribution < -0.4 is 4.72 Å². The molecule has 1 aromatic rings. The van der Waals surface area contributed by atoms with Crippen molar-refractivity contribution < 1.29 is 8.42 Å². The Labute approximate surface area is 136 Å². The Morgan fingerprint density at radius 3 is 2.25 bits per heavy atom. The third kappa shape index (κ3) is 3.61. The summed E-state index contributed by atoms with van der Waals surface area (Å²) in [5.41, 5.74) is -0.149. The van der Waals surface area contributed by atoms with Crippen LogP contribution in [0.25, 0.3) is 0 Å². The zero-order valence-electron chi connectivity index (χ0n) is 11.5. The first kappa shape index (κ1) is 17.6. The van der Waals surface area contributed by atoms with Gasteiger partial charge in [-0.25, -0.2) is 8.42 Å². The number of hydrogen-bond acceptors (Lipinski definition) is 3. The number of rotatable bonds is 5. The van der Waals surface area contributed by atoms with Crippen molar-refractivity contribution in [2.24, 2.45) is 0 Å². The lowest BCUT2D eigenvalue weighted by Crippen LogP contribution is -2.46. The lowest BCUT2D eigenvalue weighted by molar-refractivity contribution is 0.446. The first-order chi connectivity index (χ1) is 9.21. The van der Waals surface area contributed by atoms with Gasteiger partial charge in [-0.15, -0.1) is 0 Å². The molecule has 0 heterocycles. The van der Waals surface area contributed by atoms with Gasteiger partial charge in [0.15, 0.2) is 0 Å². The van der Waals surface area contributed by atoms with Crippen LogP contribution in [0.3, 0.4) is 0 Å². The largest absolute Gasteiger partial charge is 0.243 e. The van der Waals surface area contributed by atoms with Crippen LogP contribution in [0, 0.1) is 18.3 Å². The van der Waals surface area contributed by atoms with E-state index in [-0.39, 0.29) is 4.90 Å². The summed E-state index contributed by atoms with van der Waals surface area (Å²) in [5.74, 6) is 0. The molecule has 0 saturated heterocycles. The summed E-state index contributed by atoms with van der Waals surface area (Å²) >= 11 is 6.59. The highest BCUT2D eigenvalue weighted by Crippen LogP contribution is 2.30. The van der Waals surface area contributed by atoms with Gasteiger partial charge in [0, 0.05) is 8.95 Å². The van der Waals surface area contributed by atoms with E-state index in [0.29, 0.717) is 21.8 Å². The third-order valence-corrected chi connectivity index (χ3v) is 6.60. The van der Waals surface area contributed by atoms with E-state index in [2.05, 4.69) is 42.7 Å². The van der Waals surface area contributed by atoms with Crippen LogP contribution in [0.1, 0.15) is 32.3 Å². The SMILES string of the molecule is CCC(C#N)(CC)NS(=O)(=O)c1cc(Br)c(C)cc1Br. The monoisotopic (exact) mass is 422 g/mol. The normalized spacial score (nSPS) is 12.2. The maximum Gasteiger partial charge on any atom is 0.243 e. The van der Waals surface area contributed by atoms with Gasteiger partial charge in [0.1, 0.15) is 5.54 Å². The van der Waals surface area contributed by atoms with Crippen LogP contribution in [0.4, 0.5) is 0 Å². The second kappa shape index (κ2) is 6.56. The Kier molecular flexibility index (Phi) is 5.79. The quantitative estimate of drug-likeness (QED) is 0.780. The van der Waals surface area contributed by atoms with Crippen LogP contribution in [-0.4, -0.2) is 14.0 Å². The third-order valence-electron chi connectivity index (χ3n) is 3.25. The standard InChI is InChI=1S/C13H16Br2N2O2S/c1-4-13(5-2,8-16)17-20(18,19)12-7-10(14)9(3)6-11(12)15/h6-7,17H,4-5H2,1-3H3. The highest BCUT2D eigenvalue weighted by Gasteiger charge is 2.33. The van der Waals surface area contributed by atoms with Crippen molar-refractivity contribution in [3.63, 3.8) is 0 Å². The van der Waals surface area contributed by atoms with E-state index < -0.39 is 15.6 Å². The molecule has 7 heteroatoms. The van der Waals surface area contributed by atoms with E-state index in [1.165, 1.54) is 6.07 Å². The fraction of sp³-hybridized carbons (Fsp3) is 0.462. The number of nitriles is 1. The molecule has 0 atom stereocenters. The molecule has 110 valence electrons. The molecule has 0 saturated carbocycles. The first-order valence-electron chi connectivity index (χ1n) is 6.12. The van der Waals surface area contributed by atoms with Gasteiger partial charge >= 0.3 is 0 Å². The zero-order valence-corrected chi connectivity index (χ0v) is 15.5. The van der Waals surface area contributed by atoms with Crippen molar-refractivity contribution in [3.8, 4) is 6.07 Å². The average molecular weight is 424 g/mol. The summed E-state index contributed by atoms with van der Waals surface area (Å²) in [5, 5.41) is 9.26. The summed E-state index contributed by atoms with van der Waals surface area (Å²) in [6.07, 6.45) is 0.813. The summed E-state index contributed by atoms with van der Waals surface area (Å²) in [4.78, 5) is 0.122. The number of benzene rings is 1. The Balaban J connectivity index is 3.32. The molecule has 20 heavy (non-hydrogen) atoms. The fourth-order valence-corrected chi connectivity index (χ4v) is 4.86. The highest BCUT2D eigenvalue weighted by molar-refractivity contribution is 9.11. The van der Waals surface area contributed by atoms with Crippen molar-refractivity contribution in [2.75, 3.05) is 0 Å². The van der Waals surface area contributed by atoms with Crippen LogP contribution in [0.2, 0.25) is 0 Å². The van der Waals surface area contributed by atoms with Gasteiger partial charge < -0.3 is 0 Å². The molecule has 0 amide bonds. The molecule has 0 radical (unpaired) electrons. The summed E-state index contributed by atoms with van der Waals surface area (Å²) in [7, 11) is -3.77. The van der Waals surface area contributed by atoms with Gasteiger partial charge in [0.05, 0.1) is 11.0 Å². The van der Waals surface area contributed by atoms with E-state index in [1.54, 1.807) is 19.9 Å². The van der Waals surface area contributed by atoms with Gasteiger partial charge in [-0.2, -0.15) is 9.98 Å². The second-order valence-electron chi connectivity index (χ2n) is 4.54. The predicted molar refractivity (Wildman–Crippen MR) is 85.8 cm³/mol. The van der Waals surface area contributed by atoms with Gasteiger partial charge in [-0.3, -0.25) is 0 Å². The van der Waals surface area contributed by atoms with Crippen LogP contribution in [-0.2, 0) is 10.0 Å². The van der Waals surface area contributed by atoms with Gasteiger partial charge in [-0.05, 0) is 53.4 Å². The molecule has 0 aliphatic carbocycles. The average Bonchev–Trinajstić information content (AvgIpc) is 2.40. The lowest BCUT2D eigenvalue weighted by atomic mass is 9.97. The molecule has 1 aromatic carbocycles. The molecular weight excluding hydrogens is 408 g/mol. The molecule has 1 N–H and O–H groups in total. The summed E-state index contributed by atoms with van der Waals surface area (Å²) in [6.45, 7) is 5.45. The Hall–Kier alpha value is -0.420. The number of halogens is 2. The summed E-state index contributed by atoms with van der Waals surface area (Å²) in [6, 6.07) is 5.33. The first-order valence-corrected chi connectivity index (χ1v) is 9.19. The Bertz CT molecular complexity index is 647. The second-order valence-corrected chi connectivity index (χ2v) is 7.90. The minimum Gasteiger partial charge on any atom is -0.207 e. The Morgan fingerprint density at radius 2 is 1.80 bits per heavy atom. The van der Waals surface area contributed by atoms with Crippen LogP contribution >= 0.6 is 31.9 Å². The van der Waals surface area contributed by atoms with Crippen molar-refractivity contribution in [3.05, 3.63) is 26.6 Å². The van der Waals surface area contributed by atoms with E-state index in [1.807, 2.05) is 6.92 Å². The zero-order chi connectivity index (χ0) is 15.6. The number of sulfonamides is 1. The number of aryl methyl sites for hydroxylation is 1. The minimum atomic E-state index is -3.77. The van der Waals surface area contributed by atoms with E-state index in [9.17, 15) is 13.7 Å². The van der Waals surface area contributed by atoms with Gasteiger partial charge in [-0.1, -0.05) is 29.8 Å². The molecule has 0 unspecified atom stereocenters. The predicted octanol–water partition coefficient (Wildman–Crippen LogP) is 3.88. The summed E-state index contributed by atoms with van der Waals surface area (Å²) < 4.78 is 28.7. The smallest absolute Gasteiger partial charge is 0.207 e. The Morgan fingerprint density at radius 1 is 1.25 bits per heavy atom. The molecule has 0 fully saturated rings.